The average molecular weight is 812 g/mol. The summed E-state index contributed by atoms with van der Waals surface area (Å²) in [4.78, 5) is 26.4. The van der Waals surface area contributed by atoms with Crippen LogP contribution in [0.15, 0.2) is 12.2 Å². The van der Waals surface area contributed by atoms with E-state index in [0.717, 1.165) is 87.6 Å². The van der Waals surface area contributed by atoms with E-state index in [4.69, 9.17) is 9.16 Å². The second-order valence-corrected chi connectivity index (χ2v) is 24.2. The third kappa shape index (κ3) is 25.4. The Morgan fingerprint density at radius 1 is 0.796 bits per heavy atom. The van der Waals surface area contributed by atoms with Gasteiger partial charge in [0.1, 0.15) is 6.61 Å². The number of methoxy groups -OCH3 is 1. The monoisotopic (exact) mass is 810 g/mol. The second-order valence-electron chi connectivity index (χ2n) is 13.1. The average Bonchev–Trinajstić information content (AvgIpc) is 3.07. The number of hydrogen-bond donors (Lipinski definition) is 2. The fraction of sp³-hybridized carbons (Fsp3) is 0.871. The predicted octanol–water partition coefficient (Wildman–Crippen LogP) is -2.97. The summed E-state index contributed by atoms with van der Waals surface area (Å²) < 4.78 is 48.3. The van der Waals surface area contributed by atoms with Crippen molar-refractivity contribution in [1.29, 1.82) is 0 Å². The van der Waals surface area contributed by atoms with Crippen molar-refractivity contribution in [3.8, 4) is 0 Å². The molecule has 0 bridgehead atoms. The van der Waals surface area contributed by atoms with Crippen molar-refractivity contribution in [2.45, 2.75) is 38.9 Å². The molecule has 0 aliphatic carbocycles. The highest BCUT2D eigenvalue weighted by Crippen LogP contribution is 2.36. The van der Waals surface area contributed by atoms with Crippen molar-refractivity contribution in [2.75, 3.05) is 132 Å². The molecule has 4 rings (SSSR count). The van der Waals surface area contributed by atoms with Gasteiger partial charge in [0, 0.05) is 138 Å². The van der Waals surface area contributed by atoms with Gasteiger partial charge in [0.15, 0.2) is 8.32 Å². The maximum atomic E-state index is 11.2. The molecule has 4 aliphatic rings. The summed E-state index contributed by atoms with van der Waals surface area (Å²) in [6, 6.07) is 0. The lowest BCUT2D eigenvalue weighted by molar-refractivity contribution is -0.648. The van der Waals surface area contributed by atoms with Gasteiger partial charge in [-0.15, -0.1) is 0 Å². The van der Waals surface area contributed by atoms with E-state index in [1.165, 1.54) is 31.7 Å². The van der Waals surface area contributed by atoms with Gasteiger partial charge in [0.2, 0.25) is 0 Å². The van der Waals surface area contributed by atoms with Gasteiger partial charge in [-0.2, -0.15) is 11.8 Å². The number of carbonyl (C=O) groups excluding carboxylic acids is 2. The fourth-order valence-corrected chi connectivity index (χ4v) is 9.30. The molecule has 4 saturated heterocycles. The predicted molar refractivity (Wildman–Crippen MR) is 204 cm³/mol. The zero-order valence-electron chi connectivity index (χ0n) is 30.5. The number of carbonyl (C=O) groups is 2. The Hall–Kier alpha value is -0.213. The van der Waals surface area contributed by atoms with E-state index >= 15 is 0 Å². The normalized spacial score (nSPS) is 20.3. The van der Waals surface area contributed by atoms with Crippen molar-refractivity contribution >= 4 is 64.4 Å². The largest absolute Gasteiger partial charge is 1.00 e. The lowest BCUT2D eigenvalue weighted by Crippen LogP contribution is -3.00. The standard InChI is InChI=1S/C12H27NO2SSi.C11H17NO5S.C4H9NOS.C4H9NS.ClH/c1-12(2,3)17(4,5)15-9-6-13-7-10-16(14)11-8-13;1-16-10(13)2-3-11(14)17-7-4-12-5-8-18(15)9-6-12;6-7-3-1-5-2-4-7;1-3-6-4-2-5-1;/h6-11H2,1-5H3;2-3H,4-9H2,1H3;5H,1-4H2;5H,1-4H2;1H/b;3-2+;;;. The fourth-order valence-electron chi connectivity index (χ4n) is 4.16. The third-order valence-corrected chi connectivity index (χ3v) is 17.8. The van der Waals surface area contributed by atoms with Gasteiger partial charge in [0.05, 0.1) is 31.7 Å². The number of nitrogens with two attached hydrogens (primary N) is 1. The van der Waals surface area contributed by atoms with Crippen LogP contribution in [0.1, 0.15) is 20.8 Å². The molecule has 12 nitrogen and oxygen atoms in total. The van der Waals surface area contributed by atoms with E-state index in [0.29, 0.717) is 18.1 Å². The summed E-state index contributed by atoms with van der Waals surface area (Å²) in [6.07, 6.45) is 2.06. The van der Waals surface area contributed by atoms with Gasteiger partial charge in [-0.05, 0) is 18.1 Å². The summed E-state index contributed by atoms with van der Waals surface area (Å²) in [5.74, 6) is 6.28. The van der Waals surface area contributed by atoms with Gasteiger partial charge in [-0.1, -0.05) is 20.8 Å². The van der Waals surface area contributed by atoms with Gasteiger partial charge in [-0.25, -0.2) is 9.59 Å². The first-order valence-electron chi connectivity index (χ1n) is 16.9. The van der Waals surface area contributed by atoms with Crippen LogP contribution in [-0.2, 0) is 55.9 Å². The SMILES string of the molecule is C1CSCCN1.CC(C)(C)[Si](C)(C)OCCN1CCS(=O)CC1.COC(=O)/C=C/C(=O)OCCN1CCS(=O)CC1.O=S1CC[NH2+]CC1.[Cl-]. The molecule has 0 aromatic carbocycles. The summed E-state index contributed by atoms with van der Waals surface area (Å²) >= 11 is 2.03. The molecule has 4 fully saturated rings. The van der Waals surface area contributed by atoms with Crippen LogP contribution in [0.4, 0.5) is 0 Å². The molecule has 290 valence electrons. The Morgan fingerprint density at radius 3 is 1.61 bits per heavy atom. The van der Waals surface area contributed by atoms with Crippen molar-refractivity contribution < 1.29 is 53.8 Å². The quantitative estimate of drug-likeness (QED) is 0.139. The van der Waals surface area contributed by atoms with Gasteiger partial charge in [-0.3, -0.25) is 22.4 Å². The van der Waals surface area contributed by atoms with Gasteiger partial charge >= 0.3 is 11.9 Å². The Bertz CT molecular complexity index is 997. The van der Waals surface area contributed by atoms with Crippen LogP contribution in [-0.4, -0.2) is 174 Å². The molecule has 3 N–H and O–H groups in total. The van der Waals surface area contributed by atoms with Crippen LogP contribution in [0.3, 0.4) is 0 Å². The van der Waals surface area contributed by atoms with Crippen molar-refractivity contribution in [2.24, 2.45) is 0 Å². The Kier molecular flexibility index (Phi) is 28.2. The first-order chi connectivity index (χ1) is 22.7. The number of thioether (sulfide) groups is 1. The van der Waals surface area contributed by atoms with Crippen LogP contribution in [0.2, 0.25) is 18.1 Å². The van der Waals surface area contributed by atoms with E-state index in [2.05, 4.69) is 59.0 Å². The van der Waals surface area contributed by atoms with Crippen molar-refractivity contribution in [3.63, 3.8) is 0 Å². The van der Waals surface area contributed by atoms with Crippen LogP contribution in [0.25, 0.3) is 0 Å². The van der Waals surface area contributed by atoms with Crippen molar-refractivity contribution in [3.05, 3.63) is 12.2 Å². The molecule has 18 heteroatoms. The minimum atomic E-state index is -1.59. The van der Waals surface area contributed by atoms with E-state index in [1.807, 2.05) is 11.8 Å². The number of nitrogens with zero attached hydrogens (tertiary/aromatic N) is 2. The number of halogens is 1. The first-order valence-corrected chi connectivity index (χ1v) is 25.4. The summed E-state index contributed by atoms with van der Waals surface area (Å²) in [7, 11) is -2.09. The first kappa shape index (κ1) is 48.8. The highest BCUT2D eigenvalue weighted by Gasteiger charge is 2.37. The maximum Gasteiger partial charge on any atom is 0.331 e. The van der Waals surface area contributed by atoms with E-state index in [9.17, 15) is 22.2 Å². The van der Waals surface area contributed by atoms with Gasteiger partial charge in [0.25, 0.3) is 0 Å². The van der Waals surface area contributed by atoms with Crippen LogP contribution < -0.4 is 23.0 Å². The number of hydrogen-bond acceptors (Lipinski definition) is 12. The molecule has 4 heterocycles. The molecular formula is C31H63ClN4O8S4Si. The lowest BCUT2D eigenvalue weighted by Gasteiger charge is -2.37. The highest BCUT2D eigenvalue weighted by atomic mass is 35.5. The molecule has 0 radical (unpaired) electrons. The minimum Gasteiger partial charge on any atom is -1.00 e. The molecule has 0 atom stereocenters. The van der Waals surface area contributed by atoms with Crippen molar-refractivity contribution in [1.82, 2.24) is 15.1 Å². The van der Waals surface area contributed by atoms with Crippen LogP contribution in [0.5, 0.6) is 0 Å². The summed E-state index contributed by atoms with van der Waals surface area (Å²) in [6.45, 7) is 22.1. The summed E-state index contributed by atoms with van der Waals surface area (Å²) in [5.41, 5.74) is 0. The molecule has 0 aromatic heterocycles. The zero-order valence-corrected chi connectivity index (χ0v) is 35.6. The number of rotatable bonds is 9. The number of ether oxygens (including phenoxy) is 2. The second kappa shape index (κ2) is 28.3. The molecule has 49 heavy (non-hydrogen) atoms. The molecule has 0 unspecified atom stereocenters. The molecule has 0 aromatic rings. The highest BCUT2D eigenvalue weighted by molar-refractivity contribution is 7.99. The third-order valence-electron chi connectivity index (χ3n) is 8.37. The minimum absolute atomic E-state index is 0. The number of esters is 2. The van der Waals surface area contributed by atoms with E-state index < -0.39 is 52.7 Å². The van der Waals surface area contributed by atoms with E-state index in [1.54, 1.807) is 0 Å². The topological polar surface area (TPSA) is 148 Å². The Labute approximate surface area is 314 Å². The molecular weight excluding hydrogens is 748 g/mol. The maximum absolute atomic E-state index is 11.2. The molecule has 0 amide bonds. The Balaban J connectivity index is 0.000000681. The van der Waals surface area contributed by atoms with E-state index in [-0.39, 0.29) is 24.1 Å². The zero-order chi connectivity index (χ0) is 35.8. The van der Waals surface area contributed by atoms with Crippen LogP contribution >= 0.6 is 11.8 Å². The number of quaternary nitrogens is 1. The molecule has 0 spiro atoms. The summed E-state index contributed by atoms with van der Waals surface area (Å²) in [5, 5.41) is 5.76. The van der Waals surface area contributed by atoms with Crippen LogP contribution in [0, 0.1) is 0 Å². The molecule has 4 aliphatic heterocycles. The van der Waals surface area contributed by atoms with Gasteiger partial charge < -0.3 is 36.9 Å². The molecule has 0 saturated carbocycles. The number of nitrogens with one attached hydrogen (secondary N) is 1. The smallest absolute Gasteiger partial charge is 0.331 e. The Morgan fingerprint density at radius 2 is 1.24 bits per heavy atom. The lowest BCUT2D eigenvalue weighted by atomic mass is 10.2.